The van der Waals surface area contributed by atoms with E-state index in [1.165, 1.54) is 6.42 Å². The molecule has 17 heavy (non-hydrogen) atoms. The number of carbonyl (C=O) groups excluding carboxylic acids is 1. The summed E-state index contributed by atoms with van der Waals surface area (Å²) < 4.78 is 5.28. The zero-order valence-electron chi connectivity index (χ0n) is 11.1. The molecule has 2 heterocycles. The van der Waals surface area contributed by atoms with E-state index < -0.39 is 0 Å². The van der Waals surface area contributed by atoms with E-state index in [0.29, 0.717) is 24.5 Å². The largest absolute Gasteiger partial charge is 0.379 e. The molecule has 0 spiro atoms. The van der Waals surface area contributed by atoms with Crippen LogP contribution in [-0.2, 0) is 4.74 Å². The van der Waals surface area contributed by atoms with E-state index in [-0.39, 0.29) is 12.1 Å². The van der Waals surface area contributed by atoms with Crippen LogP contribution >= 0.6 is 0 Å². The predicted octanol–water partition coefficient (Wildman–Crippen LogP) is 1.85. The van der Waals surface area contributed by atoms with Gasteiger partial charge >= 0.3 is 6.03 Å². The van der Waals surface area contributed by atoms with Crippen molar-refractivity contribution in [2.75, 3.05) is 19.8 Å². The molecule has 0 saturated carbocycles. The van der Waals surface area contributed by atoms with Crippen LogP contribution < -0.4 is 5.32 Å². The van der Waals surface area contributed by atoms with E-state index in [9.17, 15) is 4.79 Å². The molecule has 0 aromatic carbocycles. The van der Waals surface area contributed by atoms with Gasteiger partial charge in [0.2, 0.25) is 0 Å². The molecular weight excluding hydrogens is 216 g/mol. The number of piperidine rings is 1. The first-order valence-corrected chi connectivity index (χ1v) is 6.72. The van der Waals surface area contributed by atoms with E-state index in [2.05, 4.69) is 26.1 Å². The molecule has 4 heteroatoms. The molecule has 4 unspecified atom stereocenters. The van der Waals surface area contributed by atoms with Gasteiger partial charge in [-0.3, -0.25) is 0 Å². The van der Waals surface area contributed by atoms with Gasteiger partial charge in [0.15, 0.2) is 0 Å². The van der Waals surface area contributed by atoms with Gasteiger partial charge in [-0.05, 0) is 31.6 Å². The average Bonchev–Trinajstić information content (AvgIpc) is 2.76. The predicted molar refractivity (Wildman–Crippen MR) is 66.9 cm³/mol. The standard InChI is InChI=1S/C13H24N2O2/c1-9-6-10(2)11(3)15(7-9)13(16)14-12-4-5-17-8-12/h9-12H,4-8H2,1-3H3,(H,14,16). The number of hydrogen-bond acceptors (Lipinski definition) is 2. The van der Waals surface area contributed by atoms with Crippen LogP contribution in [0, 0.1) is 11.8 Å². The molecule has 2 rings (SSSR count). The lowest BCUT2D eigenvalue weighted by Crippen LogP contribution is -2.54. The molecular formula is C13H24N2O2. The highest BCUT2D eigenvalue weighted by Gasteiger charge is 2.33. The Bertz CT molecular complexity index is 277. The fourth-order valence-electron chi connectivity index (χ4n) is 2.89. The number of nitrogens with zero attached hydrogens (tertiary/aromatic N) is 1. The molecule has 2 saturated heterocycles. The highest BCUT2D eigenvalue weighted by Crippen LogP contribution is 2.26. The van der Waals surface area contributed by atoms with Crippen molar-refractivity contribution in [1.29, 1.82) is 0 Å². The number of hydrogen-bond donors (Lipinski definition) is 1. The quantitative estimate of drug-likeness (QED) is 0.760. The van der Waals surface area contributed by atoms with Crippen molar-refractivity contribution in [1.82, 2.24) is 10.2 Å². The smallest absolute Gasteiger partial charge is 0.317 e. The van der Waals surface area contributed by atoms with Crippen LogP contribution in [0.2, 0.25) is 0 Å². The van der Waals surface area contributed by atoms with Gasteiger partial charge < -0.3 is 15.0 Å². The van der Waals surface area contributed by atoms with Gasteiger partial charge in [0.1, 0.15) is 0 Å². The monoisotopic (exact) mass is 240 g/mol. The van der Waals surface area contributed by atoms with Crippen molar-refractivity contribution in [3.8, 4) is 0 Å². The lowest BCUT2D eigenvalue weighted by atomic mass is 9.86. The molecule has 4 nitrogen and oxygen atoms in total. The van der Waals surface area contributed by atoms with Crippen LogP contribution in [0.1, 0.15) is 33.6 Å². The highest BCUT2D eigenvalue weighted by atomic mass is 16.5. The minimum Gasteiger partial charge on any atom is -0.379 e. The zero-order valence-corrected chi connectivity index (χ0v) is 11.1. The SMILES string of the molecule is CC1CC(C)C(C)N(C(=O)NC2CCOC2)C1. The summed E-state index contributed by atoms with van der Waals surface area (Å²) in [4.78, 5) is 14.2. The Labute approximate surface area is 104 Å². The van der Waals surface area contributed by atoms with Crippen LogP contribution in [-0.4, -0.2) is 42.8 Å². The molecule has 0 aliphatic carbocycles. The van der Waals surface area contributed by atoms with Crippen LogP contribution in [0.3, 0.4) is 0 Å². The Balaban J connectivity index is 1.92. The maximum Gasteiger partial charge on any atom is 0.317 e. The molecule has 2 amide bonds. The number of carbonyl (C=O) groups is 1. The Morgan fingerprint density at radius 2 is 2.12 bits per heavy atom. The first-order valence-electron chi connectivity index (χ1n) is 6.72. The Hall–Kier alpha value is -0.770. The molecule has 0 aromatic heterocycles. The maximum absolute atomic E-state index is 12.2. The van der Waals surface area contributed by atoms with Crippen molar-refractivity contribution >= 4 is 6.03 Å². The molecule has 0 aromatic rings. The van der Waals surface area contributed by atoms with Crippen LogP contribution in [0.15, 0.2) is 0 Å². The molecule has 2 aliphatic heterocycles. The van der Waals surface area contributed by atoms with Crippen LogP contribution in [0.25, 0.3) is 0 Å². The molecule has 0 bridgehead atoms. The second-order valence-electron chi connectivity index (χ2n) is 5.72. The molecule has 1 N–H and O–H groups in total. The van der Waals surface area contributed by atoms with Gasteiger partial charge in [-0.15, -0.1) is 0 Å². The first kappa shape index (κ1) is 12.7. The summed E-state index contributed by atoms with van der Waals surface area (Å²) in [5.41, 5.74) is 0. The number of amides is 2. The summed E-state index contributed by atoms with van der Waals surface area (Å²) in [5.74, 6) is 1.19. The van der Waals surface area contributed by atoms with Gasteiger partial charge in [0.05, 0.1) is 12.6 Å². The van der Waals surface area contributed by atoms with E-state index >= 15 is 0 Å². The number of ether oxygens (including phenoxy) is 1. The summed E-state index contributed by atoms with van der Waals surface area (Å²) in [7, 11) is 0. The van der Waals surface area contributed by atoms with E-state index in [4.69, 9.17) is 4.74 Å². The normalized spacial score (nSPS) is 38.2. The summed E-state index contributed by atoms with van der Waals surface area (Å²) in [5, 5.41) is 3.08. The van der Waals surface area contributed by atoms with E-state index in [0.717, 1.165) is 19.6 Å². The number of rotatable bonds is 1. The molecule has 2 fully saturated rings. The summed E-state index contributed by atoms with van der Waals surface area (Å²) in [6.45, 7) is 8.93. The van der Waals surface area contributed by atoms with Crippen molar-refractivity contribution < 1.29 is 9.53 Å². The molecule has 0 radical (unpaired) electrons. The van der Waals surface area contributed by atoms with Crippen molar-refractivity contribution in [2.45, 2.75) is 45.7 Å². The highest BCUT2D eigenvalue weighted by molar-refractivity contribution is 5.75. The number of urea groups is 1. The topological polar surface area (TPSA) is 41.6 Å². The van der Waals surface area contributed by atoms with E-state index in [1.807, 2.05) is 4.90 Å². The lowest BCUT2D eigenvalue weighted by molar-refractivity contribution is 0.0988. The second-order valence-corrected chi connectivity index (χ2v) is 5.72. The van der Waals surface area contributed by atoms with Crippen molar-refractivity contribution in [2.24, 2.45) is 11.8 Å². The summed E-state index contributed by atoms with van der Waals surface area (Å²) >= 11 is 0. The Kier molecular flexibility index (Phi) is 3.92. The summed E-state index contributed by atoms with van der Waals surface area (Å²) in [6, 6.07) is 0.641. The Morgan fingerprint density at radius 1 is 1.35 bits per heavy atom. The first-order chi connectivity index (χ1) is 8.08. The van der Waals surface area contributed by atoms with Crippen LogP contribution in [0.4, 0.5) is 4.79 Å². The third-order valence-electron chi connectivity index (χ3n) is 4.12. The average molecular weight is 240 g/mol. The summed E-state index contributed by atoms with van der Waals surface area (Å²) in [6.07, 6.45) is 2.16. The van der Waals surface area contributed by atoms with Crippen molar-refractivity contribution in [3.05, 3.63) is 0 Å². The molecule has 2 aliphatic rings. The van der Waals surface area contributed by atoms with Gasteiger partial charge in [-0.2, -0.15) is 0 Å². The van der Waals surface area contributed by atoms with Gasteiger partial charge in [-0.25, -0.2) is 4.79 Å². The minimum absolute atomic E-state index is 0.0893. The third kappa shape index (κ3) is 2.92. The van der Waals surface area contributed by atoms with Gasteiger partial charge in [0, 0.05) is 19.2 Å². The zero-order chi connectivity index (χ0) is 12.4. The second kappa shape index (κ2) is 5.25. The van der Waals surface area contributed by atoms with Crippen LogP contribution in [0.5, 0.6) is 0 Å². The third-order valence-corrected chi connectivity index (χ3v) is 4.12. The lowest BCUT2D eigenvalue weighted by Gasteiger charge is -2.41. The minimum atomic E-state index is 0.0893. The van der Waals surface area contributed by atoms with Gasteiger partial charge in [-0.1, -0.05) is 13.8 Å². The molecule has 98 valence electrons. The van der Waals surface area contributed by atoms with Gasteiger partial charge in [0.25, 0.3) is 0 Å². The van der Waals surface area contributed by atoms with E-state index in [1.54, 1.807) is 0 Å². The fourth-order valence-corrected chi connectivity index (χ4v) is 2.89. The number of likely N-dealkylation sites (tertiary alicyclic amines) is 1. The Morgan fingerprint density at radius 3 is 2.76 bits per heavy atom. The fraction of sp³-hybridized carbons (Fsp3) is 0.923. The maximum atomic E-state index is 12.2. The molecule has 4 atom stereocenters. The van der Waals surface area contributed by atoms with Crippen molar-refractivity contribution in [3.63, 3.8) is 0 Å². The number of nitrogens with one attached hydrogen (secondary N) is 1.